The molecule has 2 N–H and O–H groups in total. The minimum absolute atomic E-state index is 0.0157. The molecular weight excluding hydrogens is 447 g/mol. The normalized spacial score (nSPS) is 17.9. The van der Waals surface area contributed by atoms with Crippen molar-refractivity contribution in [1.29, 1.82) is 0 Å². The first-order chi connectivity index (χ1) is 16.6. The number of halogens is 1. The zero-order valence-corrected chi connectivity index (χ0v) is 20.3. The number of benzene rings is 2. The van der Waals surface area contributed by atoms with Crippen LogP contribution in [0.1, 0.15) is 45.2 Å². The number of hydrogen-bond donors (Lipinski definition) is 2. The van der Waals surface area contributed by atoms with Crippen molar-refractivity contribution in [3.05, 3.63) is 71.2 Å². The number of carbonyl (C=O) groups excluding carboxylic acids is 3. The minimum Gasteiger partial charge on any atom is -0.362 e. The molecule has 0 aliphatic carbocycles. The fourth-order valence-electron chi connectivity index (χ4n) is 4.60. The number of urea groups is 1. The van der Waals surface area contributed by atoms with E-state index in [0.29, 0.717) is 0 Å². The number of carbonyl (C=O) groups is 3. The molecule has 2 heterocycles. The van der Waals surface area contributed by atoms with Crippen LogP contribution < -0.4 is 15.5 Å². The maximum Gasteiger partial charge on any atom is 0.329 e. The third-order valence-electron chi connectivity index (χ3n) is 6.17. The van der Waals surface area contributed by atoms with Gasteiger partial charge in [0.15, 0.2) is 0 Å². The second-order valence-electron chi connectivity index (χ2n) is 9.32. The molecule has 0 atom stereocenters. The molecule has 4 amide bonds. The second kappa shape index (κ2) is 9.37. The van der Waals surface area contributed by atoms with Gasteiger partial charge < -0.3 is 15.5 Å². The fraction of sp³-hybridized carbons (Fsp3) is 0.296. The molecule has 0 unspecified atom stereocenters. The highest BCUT2D eigenvalue weighted by Crippen LogP contribution is 2.39. The van der Waals surface area contributed by atoms with Crippen LogP contribution in [0.25, 0.3) is 11.6 Å². The van der Waals surface area contributed by atoms with E-state index in [1.165, 1.54) is 18.2 Å². The summed E-state index contributed by atoms with van der Waals surface area (Å²) in [5.41, 5.74) is 4.07. The Bertz CT molecular complexity index is 1260. The topological polar surface area (TPSA) is 81.8 Å². The Morgan fingerprint density at radius 2 is 1.91 bits per heavy atom. The van der Waals surface area contributed by atoms with Crippen molar-refractivity contribution >= 4 is 40.9 Å². The average Bonchev–Trinajstić information content (AvgIpc) is 3.05. The van der Waals surface area contributed by atoms with Gasteiger partial charge in [0.2, 0.25) is 5.91 Å². The van der Waals surface area contributed by atoms with Crippen molar-refractivity contribution in [1.82, 2.24) is 10.2 Å². The number of fused-ring (bicyclic) bond motifs is 1. The van der Waals surface area contributed by atoms with Crippen LogP contribution in [-0.4, -0.2) is 41.4 Å². The van der Waals surface area contributed by atoms with E-state index < -0.39 is 30.2 Å². The van der Waals surface area contributed by atoms with E-state index in [1.807, 2.05) is 18.2 Å². The number of hydrogen-bond acceptors (Lipinski definition) is 4. The molecule has 0 radical (unpaired) electrons. The van der Waals surface area contributed by atoms with Crippen LogP contribution in [0.2, 0.25) is 0 Å². The van der Waals surface area contributed by atoms with Crippen LogP contribution >= 0.6 is 0 Å². The number of amides is 4. The first-order valence-corrected chi connectivity index (χ1v) is 11.6. The van der Waals surface area contributed by atoms with Crippen LogP contribution in [-0.2, 0) is 9.59 Å². The van der Waals surface area contributed by atoms with Crippen molar-refractivity contribution in [3.8, 4) is 0 Å². The number of para-hydroxylation sites is 1. The summed E-state index contributed by atoms with van der Waals surface area (Å²) < 4.78 is 13.8. The van der Waals surface area contributed by atoms with Gasteiger partial charge in [-0.2, -0.15) is 0 Å². The Kier molecular flexibility index (Phi) is 6.47. The lowest BCUT2D eigenvalue weighted by atomic mass is 9.87. The maximum absolute atomic E-state index is 13.8. The molecule has 7 nitrogen and oxygen atoms in total. The Labute approximate surface area is 204 Å². The first-order valence-electron chi connectivity index (χ1n) is 11.6. The van der Waals surface area contributed by atoms with Crippen molar-refractivity contribution in [2.45, 2.75) is 39.7 Å². The quantitative estimate of drug-likeness (QED) is 0.465. The van der Waals surface area contributed by atoms with Gasteiger partial charge in [-0.05, 0) is 68.7 Å². The van der Waals surface area contributed by atoms with E-state index in [0.717, 1.165) is 40.3 Å². The molecular formula is C27H29FN4O3. The maximum atomic E-state index is 13.8. The van der Waals surface area contributed by atoms with E-state index in [4.69, 9.17) is 0 Å². The summed E-state index contributed by atoms with van der Waals surface area (Å²) in [4.78, 5) is 40.7. The molecule has 2 aromatic rings. The summed E-state index contributed by atoms with van der Waals surface area (Å²) >= 11 is 0. The first kappa shape index (κ1) is 24.2. The van der Waals surface area contributed by atoms with Crippen molar-refractivity contribution in [3.63, 3.8) is 0 Å². The summed E-state index contributed by atoms with van der Waals surface area (Å²) in [6, 6.07) is 10.9. The summed E-state index contributed by atoms with van der Waals surface area (Å²) in [6.07, 6.45) is 4.86. The fourth-order valence-corrected chi connectivity index (χ4v) is 4.60. The number of nitrogens with one attached hydrogen (secondary N) is 2. The molecule has 0 saturated carbocycles. The standard InChI is InChI=1S/C27H29FN4O3/c1-5-12-32-23-11-10-18(13-19(23)17(2)15-27(32,3)4)14-22-25(34)31(26(35)30-22)16-24(33)29-21-9-7-6-8-20(21)28/h6-11,13-15H,5,12,16H2,1-4H3,(H,29,33)(H,30,35)/b22-14+. The Balaban J connectivity index is 1.53. The number of allylic oxidation sites excluding steroid dienone is 1. The van der Waals surface area contributed by atoms with Crippen LogP contribution in [0.5, 0.6) is 0 Å². The molecule has 1 fully saturated rings. The van der Waals surface area contributed by atoms with Crippen molar-refractivity contribution in [2.75, 3.05) is 23.3 Å². The highest BCUT2D eigenvalue weighted by atomic mass is 19.1. The van der Waals surface area contributed by atoms with Gasteiger partial charge in [-0.3, -0.25) is 9.59 Å². The Hall–Kier alpha value is -3.94. The molecule has 2 aliphatic rings. The highest BCUT2D eigenvalue weighted by Gasteiger charge is 2.35. The SMILES string of the molecule is CCCN1c2ccc(/C=C3/NC(=O)N(CC(=O)Nc4ccccc4F)C3=O)cc2C(C)=CC1(C)C. The third-order valence-corrected chi connectivity index (χ3v) is 6.17. The van der Waals surface area contributed by atoms with E-state index in [2.05, 4.69) is 49.3 Å². The molecule has 0 aromatic heterocycles. The van der Waals surface area contributed by atoms with Gasteiger partial charge >= 0.3 is 6.03 Å². The van der Waals surface area contributed by atoms with E-state index >= 15 is 0 Å². The predicted molar refractivity (Wildman–Crippen MR) is 135 cm³/mol. The number of nitrogens with zero attached hydrogens (tertiary/aromatic N) is 2. The number of imide groups is 1. The molecule has 1 saturated heterocycles. The van der Waals surface area contributed by atoms with E-state index in [-0.39, 0.29) is 16.9 Å². The van der Waals surface area contributed by atoms with Gasteiger partial charge in [-0.1, -0.05) is 31.2 Å². The summed E-state index contributed by atoms with van der Waals surface area (Å²) in [6.45, 7) is 8.99. The average molecular weight is 477 g/mol. The molecule has 8 heteroatoms. The van der Waals surface area contributed by atoms with Gasteiger partial charge in [0.25, 0.3) is 5.91 Å². The molecule has 0 spiro atoms. The molecule has 2 aliphatic heterocycles. The van der Waals surface area contributed by atoms with Crippen LogP contribution in [0.4, 0.5) is 20.6 Å². The lowest BCUT2D eigenvalue weighted by Crippen LogP contribution is -2.45. The van der Waals surface area contributed by atoms with Gasteiger partial charge in [0.05, 0.1) is 11.2 Å². The zero-order chi connectivity index (χ0) is 25.3. The summed E-state index contributed by atoms with van der Waals surface area (Å²) in [7, 11) is 0. The number of rotatable bonds is 6. The van der Waals surface area contributed by atoms with E-state index in [1.54, 1.807) is 12.1 Å². The molecule has 35 heavy (non-hydrogen) atoms. The third kappa shape index (κ3) is 4.82. The summed E-state index contributed by atoms with van der Waals surface area (Å²) in [5, 5.41) is 4.92. The van der Waals surface area contributed by atoms with Crippen LogP contribution in [0, 0.1) is 5.82 Å². The largest absolute Gasteiger partial charge is 0.362 e. The van der Waals surface area contributed by atoms with Crippen molar-refractivity contribution < 1.29 is 18.8 Å². The highest BCUT2D eigenvalue weighted by molar-refractivity contribution is 6.16. The van der Waals surface area contributed by atoms with Gasteiger partial charge in [-0.25, -0.2) is 14.1 Å². The number of anilines is 2. The van der Waals surface area contributed by atoms with Crippen LogP contribution in [0.3, 0.4) is 0 Å². The smallest absolute Gasteiger partial charge is 0.329 e. The molecule has 182 valence electrons. The van der Waals surface area contributed by atoms with Gasteiger partial charge in [0, 0.05) is 17.8 Å². The van der Waals surface area contributed by atoms with Gasteiger partial charge in [0.1, 0.15) is 18.1 Å². The molecule has 2 aromatic carbocycles. The zero-order valence-electron chi connectivity index (χ0n) is 20.3. The lowest BCUT2D eigenvalue weighted by Gasteiger charge is -2.43. The summed E-state index contributed by atoms with van der Waals surface area (Å²) in [5.74, 6) is -1.89. The Morgan fingerprint density at radius 3 is 2.63 bits per heavy atom. The lowest BCUT2D eigenvalue weighted by molar-refractivity contribution is -0.127. The predicted octanol–water partition coefficient (Wildman–Crippen LogP) is 4.77. The monoisotopic (exact) mass is 476 g/mol. The van der Waals surface area contributed by atoms with Crippen molar-refractivity contribution in [2.24, 2.45) is 0 Å². The second-order valence-corrected chi connectivity index (χ2v) is 9.32. The van der Waals surface area contributed by atoms with E-state index in [9.17, 15) is 18.8 Å². The molecule has 0 bridgehead atoms. The Morgan fingerprint density at radius 1 is 1.17 bits per heavy atom. The molecule has 4 rings (SSSR count). The minimum atomic E-state index is -0.699. The van der Waals surface area contributed by atoms with Crippen LogP contribution in [0.15, 0.2) is 54.2 Å². The van der Waals surface area contributed by atoms with Gasteiger partial charge in [-0.15, -0.1) is 0 Å².